The van der Waals surface area contributed by atoms with E-state index in [1.807, 2.05) is 47.9 Å². The maximum atomic E-state index is 12.1. The Balaban J connectivity index is 1.83. The molecule has 3 aromatic rings. The van der Waals surface area contributed by atoms with Crippen LogP contribution in [0.2, 0.25) is 0 Å². The van der Waals surface area contributed by atoms with Crippen LogP contribution in [0.25, 0.3) is 10.9 Å². The quantitative estimate of drug-likeness (QED) is 0.559. The highest BCUT2D eigenvalue weighted by Gasteiger charge is 2.17. The molecule has 1 N–H and O–H groups in total. The molecule has 0 bridgehead atoms. The number of ether oxygens (including phenoxy) is 1. The molecule has 146 valence electrons. The van der Waals surface area contributed by atoms with Crippen molar-refractivity contribution in [2.75, 3.05) is 6.61 Å². The SMILES string of the molecule is Cc1ccc2c(c1)c(N=NC(=O)COc1ccccc1)c(O)n2CCC(C)C. The zero-order valence-corrected chi connectivity index (χ0v) is 16.4. The van der Waals surface area contributed by atoms with Crippen molar-refractivity contribution in [3.63, 3.8) is 0 Å². The Morgan fingerprint density at radius 3 is 2.64 bits per heavy atom. The lowest BCUT2D eigenvalue weighted by Crippen LogP contribution is -2.07. The van der Waals surface area contributed by atoms with E-state index >= 15 is 0 Å². The lowest BCUT2D eigenvalue weighted by molar-refractivity contribution is -0.120. The van der Waals surface area contributed by atoms with Crippen LogP contribution in [0.15, 0.2) is 58.8 Å². The summed E-state index contributed by atoms with van der Waals surface area (Å²) >= 11 is 0. The first kappa shape index (κ1) is 19.6. The number of aromatic hydroxyl groups is 1. The lowest BCUT2D eigenvalue weighted by atomic mass is 10.1. The molecule has 0 saturated carbocycles. The van der Waals surface area contributed by atoms with Crippen molar-refractivity contribution < 1.29 is 14.6 Å². The molecular weight excluding hydrogens is 354 g/mol. The van der Waals surface area contributed by atoms with Crippen LogP contribution < -0.4 is 4.74 Å². The van der Waals surface area contributed by atoms with Gasteiger partial charge in [0.15, 0.2) is 12.3 Å². The van der Waals surface area contributed by atoms with Crippen molar-refractivity contribution in [2.24, 2.45) is 16.1 Å². The third kappa shape index (κ3) is 4.57. The zero-order valence-electron chi connectivity index (χ0n) is 16.4. The van der Waals surface area contributed by atoms with Gasteiger partial charge in [0.2, 0.25) is 5.88 Å². The Morgan fingerprint density at radius 1 is 1.18 bits per heavy atom. The molecule has 3 rings (SSSR count). The van der Waals surface area contributed by atoms with E-state index in [0.29, 0.717) is 23.9 Å². The van der Waals surface area contributed by atoms with Crippen LogP contribution in [-0.4, -0.2) is 22.2 Å². The Morgan fingerprint density at radius 2 is 1.93 bits per heavy atom. The zero-order chi connectivity index (χ0) is 20.1. The molecule has 28 heavy (non-hydrogen) atoms. The third-order valence-electron chi connectivity index (χ3n) is 4.46. The van der Waals surface area contributed by atoms with E-state index in [-0.39, 0.29) is 12.5 Å². The van der Waals surface area contributed by atoms with Crippen LogP contribution >= 0.6 is 0 Å². The maximum absolute atomic E-state index is 12.1. The van der Waals surface area contributed by atoms with E-state index in [1.54, 1.807) is 12.1 Å². The number of nitrogens with zero attached hydrogens (tertiary/aromatic N) is 3. The number of aryl methyl sites for hydroxylation is 2. The van der Waals surface area contributed by atoms with Gasteiger partial charge in [0.1, 0.15) is 5.75 Å². The fraction of sp³-hybridized carbons (Fsp3) is 0.318. The van der Waals surface area contributed by atoms with Crippen LogP contribution in [0.1, 0.15) is 25.8 Å². The largest absolute Gasteiger partial charge is 0.493 e. The number of para-hydroxylation sites is 1. The van der Waals surface area contributed by atoms with Crippen molar-refractivity contribution in [1.29, 1.82) is 0 Å². The predicted octanol–water partition coefficient (Wildman–Crippen LogP) is 5.39. The number of aromatic nitrogens is 1. The average molecular weight is 379 g/mol. The van der Waals surface area contributed by atoms with Gasteiger partial charge >= 0.3 is 5.91 Å². The van der Waals surface area contributed by atoms with Crippen molar-refractivity contribution >= 4 is 22.5 Å². The van der Waals surface area contributed by atoms with Gasteiger partial charge in [-0.3, -0.25) is 4.79 Å². The highest BCUT2D eigenvalue weighted by molar-refractivity contribution is 5.95. The first-order chi connectivity index (χ1) is 13.5. The molecule has 2 aromatic carbocycles. The molecule has 0 fully saturated rings. The van der Waals surface area contributed by atoms with Crippen LogP contribution in [-0.2, 0) is 11.3 Å². The van der Waals surface area contributed by atoms with Crippen LogP contribution in [0, 0.1) is 12.8 Å². The summed E-state index contributed by atoms with van der Waals surface area (Å²) in [5.74, 6) is 0.611. The standard InChI is InChI=1S/C22H25N3O3/c1-15(2)11-12-25-19-10-9-16(3)13-18(19)21(22(25)27)24-23-20(26)14-28-17-7-5-4-6-8-17/h4-10,13,15,27H,11-12,14H2,1-3H3. The van der Waals surface area contributed by atoms with Crippen LogP contribution in [0.4, 0.5) is 5.69 Å². The van der Waals surface area contributed by atoms with Crippen LogP contribution in [0.5, 0.6) is 11.6 Å². The molecule has 0 aliphatic heterocycles. The highest BCUT2D eigenvalue weighted by Crippen LogP contribution is 2.39. The Hall–Kier alpha value is -3.15. The van der Waals surface area contributed by atoms with Gasteiger partial charge in [0.25, 0.3) is 0 Å². The number of carbonyl (C=O) groups is 1. The number of hydrogen-bond acceptors (Lipinski definition) is 4. The van der Waals surface area contributed by atoms with Gasteiger partial charge in [0.05, 0.1) is 5.52 Å². The molecule has 1 aromatic heterocycles. The molecule has 6 nitrogen and oxygen atoms in total. The number of fused-ring (bicyclic) bond motifs is 1. The fourth-order valence-corrected chi connectivity index (χ4v) is 2.95. The summed E-state index contributed by atoms with van der Waals surface area (Å²) in [5.41, 5.74) is 2.24. The molecule has 0 spiro atoms. The summed E-state index contributed by atoms with van der Waals surface area (Å²) < 4.78 is 7.22. The normalized spacial score (nSPS) is 11.6. The monoisotopic (exact) mass is 379 g/mol. The smallest absolute Gasteiger partial charge is 0.302 e. The van der Waals surface area contributed by atoms with Gasteiger partial charge in [-0.2, -0.15) is 0 Å². The molecule has 0 radical (unpaired) electrons. The molecular formula is C22H25N3O3. The van der Waals surface area contributed by atoms with Gasteiger partial charge in [0, 0.05) is 11.9 Å². The topological polar surface area (TPSA) is 76.2 Å². The molecule has 1 amide bonds. The highest BCUT2D eigenvalue weighted by atomic mass is 16.5. The van der Waals surface area contributed by atoms with E-state index in [1.165, 1.54) is 0 Å². The first-order valence-corrected chi connectivity index (χ1v) is 9.40. The van der Waals surface area contributed by atoms with Gasteiger partial charge in [-0.05, 0) is 43.5 Å². The predicted molar refractivity (Wildman–Crippen MR) is 109 cm³/mol. The van der Waals surface area contributed by atoms with Crippen LogP contribution in [0.3, 0.4) is 0 Å². The second-order valence-corrected chi connectivity index (χ2v) is 7.22. The summed E-state index contributed by atoms with van der Waals surface area (Å²) in [7, 11) is 0. The Labute approximate surface area is 164 Å². The average Bonchev–Trinajstić information content (AvgIpc) is 2.94. The van der Waals surface area contributed by atoms with E-state index < -0.39 is 5.91 Å². The second kappa shape index (κ2) is 8.69. The van der Waals surface area contributed by atoms with Crippen molar-refractivity contribution in [1.82, 2.24) is 4.57 Å². The minimum absolute atomic E-state index is 0.0294. The van der Waals surface area contributed by atoms with E-state index in [9.17, 15) is 9.90 Å². The Bertz CT molecular complexity index is 991. The summed E-state index contributed by atoms with van der Waals surface area (Å²) in [6.07, 6.45) is 0.922. The second-order valence-electron chi connectivity index (χ2n) is 7.22. The summed E-state index contributed by atoms with van der Waals surface area (Å²) in [4.78, 5) is 12.1. The minimum Gasteiger partial charge on any atom is -0.493 e. The van der Waals surface area contributed by atoms with E-state index in [4.69, 9.17) is 4.74 Å². The molecule has 0 atom stereocenters. The summed E-state index contributed by atoms with van der Waals surface area (Å²) in [5, 5.41) is 19.3. The lowest BCUT2D eigenvalue weighted by Gasteiger charge is -2.09. The molecule has 1 heterocycles. The van der Waals surface area contributed by atoms with Gasteiger partial charge in [-0.15, -0.1) is 10.2 Å². The number of amides is 1. The van der Waals surface area contributed by atoms with E-state index in [2.05, 4.69) is 24.1 Å². The Kier molecular flexibility index (Phi) is 6.09. The molecule has 6 heteroatoms. The third-order valence-corrected chi connectivity index (χ3v) is 4.46. The fourth-order valence-electron chi connectivity index (χ4n) is 2.95. The van der Waals surface area contributed by atoms with E-state index in [0.717, 1.165) is 22.9 Å². The van der Waals surface area contributed by atoms with Crippen molar-refractivity contribution in [2.45, 2.75) is 33.7 Å². The number of hydrogen-bond donors (Lipinski definition) is 1. The summed E-state index contributed by atoms with van der Waals surface area (Å²) in [6.45, 7) is 6.71. The minimum atomic E-state index is -0.515. The number of carbonyl (C=O) groups excluding carboxylic acids is 1. The first-order valence-electron chi connectivity index (χ1n) is 9.40. The maximum Gasteiger partial charge on any atom is 0.302 e. The molecule has 0 unspecified atom stereocenters. The number of rotatable bonds is 7. The molecule has 0 aliphatic carbocycles. The molecule has 0 aliphatic rings. The van der Waals surface area contributed by atoms with Crippen molar-refractivity contribution in [3.05, 3.63) is 54.1 Å². The number of benzene rings is 2. The molecule has 0 saturated heterocycles. The van der Waals surface area contributed by atoms with Gasteiger partial charge in [-0.1, -0.05) is 43.7 Å². The number of azo groups is 1. The summed E-state index contributed by atoms with van der Waals surface area (Å²) in [6, 6.07) is 15.0. The van der Waals surface area contributed by atoms with Gasteiger partial charge < -0.3 is 14.4 Å². The van der Waals surface area contributed by atoms with Crippen molar-refractivity contribution in [3.8, 4) is 11.6 Å². The van der Waals surface area contributed by atoms with Gasteiger partial charge in [-0.25, -0.2) is 0 Å².